The van der Waals surface area contributed by atoms with E-state index in [-0.39, 0.29) is 5.56 Å². The van der Waals surface area contributed by atoms with Gasteiger partial charge in [0.05, 0.1) is 24.5 Å². The van der Waals surface area contributed by atoms with Crippen molar-refractivity contribution in [2.75, 3.05) is 58.3 Å². The van der Waals surface area contributed by atoms with E-state index in [2.05, 4.69) is 63.1 Å². The number of aromatic nitrogens is 2. The Bertz CT molecular complexity index is 1440. The second kappa shape index (κ2) is 9.26. The van der Waals surface area contributed by atoms with Gasteiger partial charge in [0.25, 0.3) is 5.56 Å². The summed E-state index contributed by atoms with van der Waals surface area (Å²) in [7, 11) is 3.88. The third kappa shape index (κ3) is 4.09. The maximum Gasteiger partial charge on any atom is 0.262 e. The van der Waals surface area contributed by atoms with Gasteiger partial charge < -0.3 is 14.5 Å². The quantitative estimate of drug-likeness (QED) is 0.428. The second-order valence-corrected chi connectivity index (χ2v) is 10.7. The highest BCUT2D eigenvalue weighted by Gasteiger charge is 2.24. The summed E-state index contributed by atoms with van der Waals surface area (Å²) in [5.41, 5.74) is 2.53. The number of piperazine rings is 1. The summed E-state index contributed by atoms with van der Waals surface area (Å²) < 4.78 is 7.54. The number of ether oxygens (including phenoxy) is 1. The molecule has 1 fully saturated rings. The predicted octanol–water partition coefficient (Wildman–Crippen LogP) is 3.43. The summed E-state index contributed by atoms with van der Waals surface area (Å²) in [5, 5.41) is 3.32. The topological polar surface area (TPSA) is 53.8 Å². The number of nitrogens with zero attached hydrogens (tertiary/aromatic N) is 5. The number of thiophene rings is 1. The van der Waals surface area contributed by atoms with Gasteiger partial charge in [-0.25, -0.2) is 4.98 Å². The van der Waals surface area contributed by atoms with Crippen molar-refractivity contribution in [3.63, 3.8) is 0 Å². The summed E-state index contributed by atoms with van der Waals surface area (Å²) in [6.07, 6.45) is 2.68. The third-order valence-electron chi connectivity index (χ3n) is 7.45. The van der Waals surface area contributed by atoms with Gasteiger partial charge in [-0.05, 0) is 30.5 Å². The molecule has 7 nitrogen and oxygen atoms in total. The van der Waals surface area contributed by atoms with Gasteiger partial charge in [0.2, 0.25) is 0 Å². The number of fused-ring (bicyclic) bond motifs is 4. The lowest BCUT2D eigenvalue weighted by Crippen LogP contribution is -2.47. The fourth-order valence-electron chi connectivity index (χ4n) is 5.48. The van der Waals surface area contributed by atoms with Crippen LogP contribution in [0.4, 0.5) is 5.69 Å². The van der Waals surface area contributed by atoms with E-state index in [1.807, 2.05) is 4.57 Å². The molecule has 0 atom stereocenters. The molecule has 2 aliphatic heterocycles. The molecule has 0 unspecified atom stereocenters. The fourth-order valence-corrected chi connectivity index (χ4v) is 6.73. The maximum absolute atomic E-state index is 13.3. The lowest BCUT2D eigenvalue weighted by Gasteiger charge is -2.37. The Morgan fingerprint density at radius 3 is 2.69 bits per heavy atom. The molecular weight excluding hydrogens is 458 g/mol. The van der Waals surface area contributed by atoms with E-state index in [1.54, 1.807) is 24.8 Å². The lowest BCUT2D eigenvalue weighted by atomic mass is 10.1. The van der Waals surface area contributed by atoms with Crippen LogP contribution >= 0.6 is 11.3 Å². The van der Waals surface area contributed by atoms with Crippen LogP contribution in [0.3, 0.4) is 0 Å². The van der Waals surface area contributed by atoms with Gasteiger partial charge in [-0.1, -0.05) is 30.3 Å². The van der Waals surface area contributed by atoms with Crippen LogP contribution in [-0.2, 0) is 19.5 Å². The van der Waals surface area contributed by atoms with E-state index in [1.165, 1.54) is 26.9 Å². The molecule has 0 bridgehead atoms. The van der Waals surface area contributed by atoms with Gasteiger partial charge >= 0.3 is 0 Å². The number of anilines is 1. The van der Waals surface area contributed by atoms with E-state index in [9.17, 15) is 4.79 Å². The smallest absolute Gasteiger partial charge is 0.262 e. The first-order valence-corrected chi connectivity index (χ1v) is 13.2. The zero-order valence-electron chi connectivity index (χ0n) is 20.4. The normalized spacial score (nSPS) is 17.3. The van der Waals surface area contributed by atoms with E-state index in [4.69, 9.17) is 4.74 Å². The molecule has 35 heavy (non-hydrogen) atoms. The zero-order chi connectivity index (χ0) is 23.9. The summed E-state index contributed by atoms with van der Waals surface area (Å²) in [4.78, 5) is 27.4. The SMILES string of the molecule is COc1ccc2ccccc2c1N1CCN(CCn2cnc3sc4c(c3c2=O)CCN(C)C4)CC1. The van der Waals surface area contributed by atoms with Gasteiger partial charge in [0.15, 0.2) is 0 Å². The molecule has 2 aromatic carbocycles. The van der Waals surface area contributed by atoms with Crippen molar-refractivity contribution in [1.29, 1.82) is 0 Å². The Hall–Kier alpha value is -2.94. The first kappa shape index (κ1) is 22.5. The average molecular weight is 490 g/mol. The second-order valence-electron chi connectivity index (χ2n) is 9.58. The standard InChI is InChI=1S/C27H31N5O2S/c1-29-10-9-21-23(17-29)35-26-24(21)27(33)32(18-28-26)16-13-30-11-14-31(15-12-30)25-20-6-4-3-5-19(20)7-8-22(25)34-2/h3-8,18H,9-17H2,1-2H3. The molecule has 2 aromatic heterocycles. The van der Waals surface area contributed by atoms with Crippen LogP contribution in [-0.4, -0.2) is 72.8 Å². The molecule has 0 spiro atoms. The molecule has 0 amide bonds. The number of benzene rings is 2. The Labute approximate surface area is 209 Å². The Morgan fingerprint density at radius 1 is 1.03 bits per heavy atom. The molecule has 1 saturated heterocycles. The maximum atomic E-state index is 13.3. The van der Waals surface area contributed by atoms with Crippen LogP contribution in [0, 0.1) is 0 Å². The van der Waals surface area contributed by atoms with Crippen molar-refractivity contribution in [1.82, 2.24) is 19.4 Å². The highest BCUT2D eigenvalue weighted by atomic mass is 32.1. The number of likely N-dealkylation sites (N-methyl/N-ethyl adjacent to an activating group) is 1. The summed E-state index contributed by atoms with van der Waals surface area (Å²) in [6, 6.07) is 12.7. The lowest BCUT2D eigenvalue weighted by molar-refractivity contribution is 0.246. The van der Waals surface area contributed by atoms with Crippen LogP contribution in [0.25, 0.3) is 21.0 Å². The summed E-state index contributed by atoms with van der Waals surface area (Å²) in [5.74, 6) is 0.924. The zero-order valence-corrected chi connectivity index (χ0v) is 21.2. The van der Waals surface area contributed by atoms with Crippen LogP contribution in [0.15, 0.2) is 47.5 Å². The van der Waals surface area contributed by atoms with Crippen molar-refractivity contribution in [3.8, 4) is 5.75 Å². The van der Waals surface area contributed by atoms with Crippen LogP contribution < -0.4 is 15.2 Å². The molecule has 182 valence electrons. The Kier molecular flexibility index (Phi) is 5.96. The monoisotopic (exact) mass is 489 g/mol. The molecule has 0 aliphatic carbocycles. The number of rotatable bonds is 5. The van der Waals surface area contributed by atoms with Crippen molar-refractivity contribution < 1.29 is 4.74 Å². The van der Waals surface area contributed by atoms with E-state index >= 15 is 0 Å². The minimum Gasteiger partial charge on any atom is -0.495 e. The average Bonchev–Trinajstić information content (AvgIpc) is 3.26. The van der Waals surface area contributed by atoms with E-state index < -0.39 is 0 Å². The summed E-state index contributed by atoms with van der Waals surface area (Å²) in [6.45, 7) is 7.21. The van der Waals surface area contributed by atoms with Crippen LogP contribution in [0.2, 0.25) is 0 Å². The first-order valence-electron chi connectivity index (χ1n) is 12.3. The third-order valence-corrected chi connectivity index (χ3v) is 8.57. The number of hydrogen-bond acceptors (Lipinski definition) is 7. The molecule has 0 saturated carbocycles. The predicted molar refractivity (Wildman–Crippen MR) is 143 cm³/mol. The molecule has 0 radical (unpaired) electrons. The van der Waals surface area contributed by atoms with Gasteiger partial charge in [0, 0.05) is 62.6 Å². The van der Waals surface area contributed by atoms with Crippen molar-refractivity contribution in [2.45, 2.75) is 19.5 Å². The molecule has 4 heterocycles. The van der Waals surface area contributed by atoms with Crippen molar-refractivity contribution in [2.24, 2.45) is 0 Å². The van der Waals surface area contributed by atoms with Gasteiger partial charge in [-0.2, -0.15) is 0 Å². The largest absolute Gasteiger partial charge is 0.495 e. The van der Waals surface area contributed by atoms with Crippen LogP contribution in [0.5, 0.6) is 5.75 Å². The minimum absolute atomic E-state index is 0.121. The van der Waals surface area contributed by atoms with Crippen molar-refractivity contribution >= 4 is 38.0 Å². The minimum atomic E-state index is 0.121. The summed E-state index contributed by atoms with van der Waals surface area (Å²) >= 11 is 1.68. The van der Waals surface area contributed by atoms with E-state index in [0.29, 0.717) is 6.54 Å². The molecule has 6 rings (SSSR count). The molecule has 4 aromatic rings. The van der Waals surface area contributed by atoms with E-state index in [0.717, 1.165) is 68.2 Å². The Morgan fingerprint density at radius 2 is 1.86 bits per heavy atom. The molecule has 0 N–H and O–H groups in total. The highest BCUT2D eigenvalue weighted by Crippen LogP contribution is 2.37. The fraction of sp³-hybridized carbons (Fsp3) is 0.407. The highest BCUT2D eigenvalue weighted by molar-refractivity contribution is 7.18. The Balaban J connectivity index is 1.16. The number of methoxy groups -OCH3 is 1. The molecular formula is C27H31N5O2S. The molecule has 2 aliphatic rings. The van der Waals surface area contributed by atoms with Crippen molar-refractivity contribution in [3.05, 3.63) is 63.5 Å². The van der Waals surface area contributed by atoms with Crippen LogP contribution in [0.1, 0.15) is 10.4 Å². The van der Waals surface area contributed by atoms with Gasteiger partial charge in [-0.15, -0.1) is 11.3 Å². The van der Waals surface area contributed by atoms with Gasteiger partial charge in [0.1, 0.15) is 10.6 Å². The number of hydrogen-bond donors (Lipinski definition) is 0. The molecule has 8 heteroatoms. The first-order chi connectivity index (χ1) is 17.1. The van der Waals surface area contributed by atoms with Gasteiger partial charge in [-0.3, -0.25) is 14.3 Å².